The average Bonchev–Trinajstić information content (AvgIpc) is 2.17. The highest BCUT2D eigenvalue weighted by atomic mass is 16.5. The topological polar surface area (TPSA) is 26.3 Å². The second-order valence-electron chi connectivity index (χ2n) is 4.27. The molecule has 0 aliphatic heterocycles. The maximum Gasteiger partial charge on any atom is 0.138 e. The van der Waals surface area contributed by atoms with Gasteiger partial charge in [-0.15, -0.1) is 0 Å². The van der Waals surface area contributed by atoms with Crippen molar-refractivity contribution < 1.29 is 9.53 Å². The second-order valence-corrected chi connectivity index (χ2v) is 4.27. The van der Waals surface area contributed by atoms with Crippen molar-refractivity contribution in [1.29, 1.82) is 0 Å². The van der Waals surface area contributed by atoms with Crippen LogP contribution >= 0.6 is 0 Å². The van der Waals surface area contributed by atoms with Gasteiger partial charge in [0.1, 0.15) is 5.78 Å². The number of methoxy groups -OCH3 is 1. The number of hydrogen-bond acceptors (Lipinski definition) is 2. The molecule has 1 rings (SSSR count). The predicted octanol–water partition coefficient (Wildman–Crippen LogP) is 2.42. The zero-order valence-corrected chi connectivity index (χ0v) is 8.88. The van der Waals surface area contributed by atoms with Crippen LogP contribution in [0.1, 0.15) is 39.5 Å². The quantitative estimate of drug-likeness (QED) is 0.673. The zero-order valence-electron chi connectivity index (χ0n) is 8.88. The molecule has 13 heavy (non-hydrogen) atoms. The number of rotatable bonds is 3. The van der Waals surface area contributed by atoms with Gasteiger partial charge in [-0.1, -0.05) is 13.8 Å². The van der Waals surface area contributed by atoms with E-state index in [0.29, 0.717) is 17.8 Å². The summed E-state index contributed by atoms with van der Waals surface area (Å²) < 4.78 is 5.27. The first-order valence-electron chi connectivity index (χ1n) is 5.21. The van der Waals surface area contributed by atoms with Gasteiger partial charge in [0.05, 0.1) is 6.10 Å². The monoisotopic (exact) mass is 184 g/mol. The molecular weight excluding hydrogens is 164 g/mol. The van der Waals surface area contributed by atoms with Crippen molar-refractivity contribution in [1.82, 2.24) is 0 Å². The Morgan fingerprint density at radius 2 is 1.77 bits per heavy atom. The first-order valence-corrected chi connectivity index (χ1v) is 5.21. The molecule has 1 aliphatic rings. The zero-order chi connectivity index (χ0) is 9.84. The Bertz CT molecular complexity index is 167. The van der Waals surface area contributed by atoms with Gasteiger partial charge in [0.15, 0.2) is 0 Å². The Hall–Kier alpha value is -0.370. The molecule has 1 aliphatic carbocycles. The molecule has 0 radical (unpaired) electrons. The highest BCUT2D eigenvalue weighted by Crippen LogP contribution is 2.28. The van der Waals surface area contributed by atoms with Crippen LogP contribution in [-0.2, 0) is 9.53 Å². The van der Waals surface area contributed by atoms with E-state index in [-0.39, 0.29) is 5.92 Å². The molecule has 1 fully saturated rings. The van der Waals surface area contributed by atoms with Crippen LogP contribution < -0.4 is 0 Å². The molecule has 1 saturated carbocycles. The Morgan fingerprint density at radius 3 is 2.15 bits per heavy atom. The van der Waals surface area contributed by atoms with E-state index in [4.69, 9.17) is 4.74 Å². The van der Waals surface area contributed by atoms with E-state index in [0.717, 1.165) is 25.7 Å². The molecule has 0 bridgehead atoms. The minimum atomic E-state index is 0.198. The Morgan fingerprint density at radius 1 is 1.23 bits per heavy atom. The third kappa shape index (κ3) is 2.80. The van der Waals surface area contributed by atoms with Crippen LogP contribution in [-0.4, -0.2) is 19.0 Å². The minimum Gasteiger partial charge on any atom is -0.381 e. The van der Waals surface area contributed by atoms with Crippen LogP contribution in [0.15, 0.2) is 0 Å². The standard InChI is InChI=1S/C11H20O2/c1-8(2)11(12)9-4-6-10(13-3)7-5-9/h8-10H,4-7H2,1-3H3/t9-,10+. The van der Waals surface area contributed by atoms with Gasteiger partial charge in [0.2, 0.25) is 0 Å². The number of carbonyl (C=O) groups excluding carboxylic acids is 1. The van der Waals surface area contributed by atoms with E-state index in [2.05, 4.69) is 0 Å². The molecule has 0 atom stereocenters. The smallest absolute Gasteiger partial charge is 0.138 e. The fraction of sp³-hybridized carbons (Fsp3) is 0.909. The Balaban J connectivity index is 2.36. The summed E-state index contributed by atoms with van der Waals surface area (Å²) in [6.07, 6.45) is 4.56. The number of ether oxygens (including phenoxy) is 1. The molecule has 0 amide bonds. The summed E-state index contributed by atoms with van der Waals surface area (Å²) in [5.41, 5.74) is 0. The molecule has 0 spiro atoms. The summed E-state index contributed by atoms with van der Waals surface area (Å²) in [5, 5.41) is 0. The summed E-state index contributed by atoms with van der Waals surface area (Å²) in [7, 11) is 1.76. The van der Waals surface area contributed by atoms with Gasteiger partial charge in [-0.25, -0.2) is 0 Å². The molecule has 0 saturated heterocycles. The van der Waals surface area contributed by atoms with Crippen molar-refractivity contribution in [3.63, 3.8) is 0 Å². The van der Waals surface area contributed by atoms with Gasteiger partial charge in [-0.05, 0) is 25.7 Å². The van der Waals surface area contributed by atoms with Crippen molar-refractivity contribution in [3.05, 3.63) is 0 Å². The van der Waals surface area contributed by atoms with Crippen molar-refractivity contribution in [3.8, 4) is 0 Å². The highest BCUT2D eigenvalue weighted by Gasteiger charge is 2.27. The van der Waals surface area contributed by atoms with Gasteiger partial charge in [-0.3, -0.25) is 4.79 Å². The summed E-state index contributed by atoms with van der Waals surface area (Å²) in [6.45, 7) is 3.98. The lowest BCUT2D eigenvalue weighted by atomic mass is 9.81. The number of hydrogen-bond donors (Lipinski definition) is 0. The van der Waals surface area contributed by atoms with Gasteiger partial charge in [0.25, 0.3) is 0 Å². The Labute approximate surface area is 80.7 Å². The van der Waals surface area contributed by atoms with Crippen molar-refractivity contribution in [2.24, 2.45) is 11.8 Å². The molecule has 2 heteroatoms. The lowest BCUT2D eigenvalue weighted by molar-refractivity contribution is -0.127. The lowest BCUT2D eigenvalue weighted by Crippen LogP contribution is -2.27. The Kier molecular flexibility index (Phi) is 3.91. The first-order chi connectivity index (χ1) is 6.15. The lowest BCUT2D eigenvalue weighted by Gasteiger charge is -2.27. The summed E-state index contributed by atoms with van der Waals surface area (Å²) >= 11 is 0. The summed E-state index contributed by atoms with van der Waals surface area (Å²) in [5.74, 6) is 0.949. The van der Waals surface area contributed by atoms with Crippen LogP contribution in [0.25, 0.3) is 0 Å². The van der Waals surface area contributed by atoms with Crippen LogP contribution in [0.5, 0.6) is 0 Å². The molecule has 0 aromatic rings. The maximum atomic E-state index is 11.7. The van der Waals surface area contributed by atoms with Gasteiger partial charge in [0, 0.05) is 18.9 Å². The number of Topliss-reactive ketones (excluding diaryl/α,β-unsaturated/α-hetero) is 1. The minimum absolute atomic E-state index is 0.198. The molecular formula is C11H20O2. The van der Waals surface area contributed by atoms with E-state index >= 15 is 0 Å². The van der Waals surface area contributed by atoms with Crippen molar-refractivity contribution in [2.75, 3.05) is 7.11 Å². The second kappa shape index (κ2) is 4.75. The molecule has 0 aromatic heterocycles. The number of carbonyl (C=O) groups is 1. The largest absolute Gasteiger partial charge is 0.381 e. The van der Waals surface area contributed by atoms with E-state index < -0.39 is 0 Å². The average molecular weight is 184 g/mol. The maximum absolute atomic E-state index is 11.7. The molecule has 0 heterocycles. The molecule has 0 unspecified atom stereocenters. The van der Waals surface area contributed by atoms with Crippen molar-refractivity contribution in [2.45, 2.75) is 45.6 Å². The van der Waals surface area contributed by atoms with E-state index in [1.165, 1.54) is 0 Å². The van der Waals surface area contributed by atoms with Gasteiger partial charge < -0.3 is 4.74 Å². The van der Waals surface area contributed by atoms with E-state index in [1.54, 1.807) is 7.11 Å². The van der Waals surface area contributed by atoms with Crippen molar-refractivity contribution >= 4 is 5.78 Å². The highest BCUT2D eigenvalue weighted by molar-refractivity contribution is 5.82. The SMILES string of the molecule is CO[C@H]1CC[C@@H](C(=O)C(C)C)CC1. The molecule has 76 valence electrons. The third-order valence-electron chi connectivity index (χ3n) is 2.98. The third-order valence-corrected chi connectivity index (χ3v) is 2.98. The molecule has 2 nitrogen and oxygen atoms in total. The van der Waals surface area contributed by atoms with Crippen LogP contribution in [0.3, 0.4) is 0 Å². The van der Waals surface area contributed by atoms with Crippen LogP contribution in [0, 0.1) is 11.8 Å². The normalized spacial score (nSPS) is 29.2. The van der Waals surface area contributed by atoms with Gasteiger partial charge >= 0.3 is 0 Å². The van der Waals surface area contributed by atoms with E-state index in [9.17, 15) is 4.79 Å². The fourth-order valence-corrected chi connectivity index (χ4v) is 2.05. The summed E-state index contributed by atoms with van der Waals surface area (Å²) in [6, 6.07) is 0. The fourth-order valence-electron chi connectivity index (χ4n) is 2.05. The number of ketones is 1. The van der Waals surface area contributed by atoms with E-state index in [1.807, 2.05) is 13.8 Å². The summed E-state index contributed by atoms with van der Waals surface area (Å²) in [4.78, 5) is 11.7. The van der Waals surface area contributed by atoms with Gasteiger partial charge in [-0.2, -0.15) is 0 Å². The molecule has 0 aromatic carbocycles. The predicted molar refractivity (Wildman–Crippen MR) is 52.6 cm³/mol. The van der Waals surface area contributed by atoms with Crippen LogP contribution in [0.2, 0.25) is 0 Å². The van der Waals surface area contributed by atoms with Crippen LogP contribution in [0.4, 0.5) is 0 Å². The molecule has 0 N–H and O–H groups in total. The first kappa shape index (κ1) is 10.7.